The first-order valence-electron chi connectivity index (χ1n) is 8.71. The molecule has 0 amide bonds. The van der Waals surface area contributed by atoms with Gasteiger partial charge in [-0.25, -0.2) is 0 Å². The molecule has 118 valence electrons. The second-order valence-electron chi connectivity index (χ2n) is 8.37. The number of ketones is 1. The molecule has 2 heteroatoms. The number of fused-ring (bicyclic) bond motifs is 3. The van der Waals surface area contributed by atoms with Gasteiger partial charge in [-0.15, -0.1) is 0 Å². The summed E-state index contributed by atoms with van der Waals surface area (Å²) in [5, 5.41) is 10.3. The van der Waals surface area contributed by atoms with Crippen LogP contribution in [-0.2, 0) is 4.79 Å². The summed E-state index contributed by atoms with van der Waals surface area (Å²) in [7, 11) is 0. The Morgan fingerprint density at radius 3 is 2.62 bits per heavy atom. The standard InChI is InChI=1S/C19H30O2/c1-12-16-6-5-14-11-15(21)7-9-19(14,4)17(16)8-10-18(12,3)13(2)20/h11-13,16-17,20H,5-10H2,1-4H3. The summed E-state index contributed by atoms with van der Waals surface area (Å²) in [5.41, 5.74) is 1.72. The molecule has 0 saturated heterocycles. The summed E-state index contributed by atoms with van der Waals surface area (Å²) in [4.78, 5) is 11.8. The molecule has 0 aromatic carbocycles. The van der Waals surface area contributed by atoms with E-state index in [-0.39, 0.29) is 16.9 Å². The highest BCUT2D eigenvalue weighted by Crippen LogP contribution is 2.61. The molecule has 0 bridgehead atoms. The van der Waals surface area contributed by atoms with Gasteiger partial charge in [-0.1, -0.05) is 26.3 Å². The maximum absolute atomic E-state index is 11.8. The molecule has 3 rings (SSSR count). The van der Waals surface area contributed by atoms with E-state index >= 15 is 0 Å². The van der Waals surface area contributed by atoms with Crippen LogP contribution in [-0.4, -0.2) is 17.0 Å². The topological polar surface area (TPSA) is 37.3 Å². The van der Waals surface area contributed by atoms with E-state index in [1.165, 1.54) is 18.4 Å². The summed E-state index contributed by atoms with van der Waals surface area (Å²) < 4.78 is 0. The normalized spacial score (nSPS) is 48.1. The molecule has 0 spiro atoms. The van der Waals surface area contributed by atoms with Gasteiger partial charge in [-0.3, -0.25) is 4.79 Å². The maximum Gasteiger partial charge on any atom is 0.155 e. The van der Waals surface area contributed by atoms with Crippen molar-refractivity contribution in [1.82, 2.24) is 0 Å². The van der Waals surface area contributed by atoms with Gasteiger partial charge in [0, 0.05) is 6.42 Å². The molecule has 2 saturated carbocycles. The molecule has 0 aromatic heterocycles. The van der Waals surface area contributed by atoms with Crippen LogP contribution in [0.3, 0.4) is 0 Å². The van der Waals surface area contributed by atoms with Gasteiger partial charge in [0.25, 0.3) is 0 Å². The summed E-state index contributed by atoms with van der Waals surface area (Å²) in [6.45, 7) is 9.00. The zero-order valence-electron chi connectivity index (χ0n) is 14.0. The van der Waals surface area contributed by atoms with Crippen molar-refractivity contribution in [3.8, 4) is 0 Å². The van der Waals surface area contributed by atoms with Gasteiger partial charge < -0.3 is 5.11 Å². The highest BCUT2D eigenvalue weighted by atomic mass is 16.3. The Morgan fingerprint density at radius 2 is 1.95 bits per heavy atom. The van der Waals surface area contributed by atoms with E-state index in [0.29, 0.717) is 23.5 Å². The smallest absolute Gasteiger partial charge is 0.155 e. The maximum atomic E-state index is 11.8. The summed E-state index contributed by atoms with van der Waals surface area (Å²) in [6.07, 6.45) is 8.11. The number of aliphatic hydroxyl groups excluding tert-OH is 1. The molecule has 6 unspecified atom stereocenters. The van der Waals surface area contributed by atoms with E-state index in [1.807, 2.05) is 13.0 Å². The Labute approximate surface area is 129 Å². The Kier molecular flexibility index (Phi) is 3.59. The van der Waals surface area contributed by atoms with Crippen molar-refractivity contribution < 1.29 is 9.90 Å². The van der Waals surface area contributed by atoms with E-state index in [2.05, 4.69) is 20.8 Å². The third kappa shape index (κ3) is 2.13. The lowest BCUT2D eigenvalue weighted by Crippen LogP contribution is -2.52. The van der Waals surface area contributed by atoms with Crippen molar-refractivity contribution in [1.29, 1.82) is 0 Å². The van der Waals surface area contributed by atoms with Gasteiger partial charge in [-0.2, -0.15) is 0 Å². The number of rotatable bonds is 1. The highest BCUT2D eigenvalue weighted by Gasteiger charge is 2.54. The van der Waals surface area contributed by atoms with E-state index < -0.39 is 0 Å². The second-order valence-corrected chi connectivity index (χ2v) is 8.37. The fourth-order valence-electron chi connectivity index (χ4n) is 5.66. The Balaban J connectivity index is 1.92. The van der Waals surface area contributed by atoms with Crippen LogP contribution in [0, 0.1) is 28.6 Å². The van der Waals surface area contributed by atoms with Gasteiger partial charge >= 0.3 is 0 Å². The van der Waals surface area contributed by atoms with Crippen molar-refractivity contribution in [3.63, 3.8) is 0 Å². The van der Waals surface area contributed by atoms with Gasteiger partial charge in [0.2, 0.25) is 0 Å². The minimum atomic E-state index is -0.230. The van der Waals surface area contributed by atoms with Crippen molar-refractivity contribution in [2.75, 3.05) is 0 Å². The Morgan fingerprint density at radius 1 is 1.24 bits per heavy atom. The monoisotopic (exact) mass is 290 g/mol. The molecule has 3 aliphatic rings. The van der Waals surface area contributed by atoms with Crippen LogP contribution in [0.25, 0.3) is 0 Å². The lowest BCUT2D eigenvalue weighted by Gasteiger charge is -2.58. The fourth-order valence-corrected chi connectivity index (χ4v) is 5.66. The first-order valence-corrected chi connectivity index (χ1v) is 8.71. The van der Waals surface area contributed by atoms with Crippen LogP contribution in [0.2, 0.25) is 0 Å². The highest BCUT2D eigenvalue weighted by molar-refractivity contribution is 5.91. The molecular weight excluding hydrogens is 260 g/mol. The largest absolute Gasteiger partial charge is 0.393 e. The van der Waals surface area contributed by atoms with Gasteiger partial charge in [0.15, 0.2) is 5.78 Å². The summed E-state index contributed by atoms with van der Waals surface area (Å²) in [6, 6.07) is 0. The molecule has 2 nitrogen and oxygen atoms in total. The average Bonchev–Trinajstić information content (AvgIpc) is 2.43. The minimum Gasteiger partial charge on any atom is -0.393 e. The van der Waals surface area contributed by atoms with Gasteiger partial charge in [0.1, 0.15) is 0 Å². The predicted molar refractivity (Wildman–Crippen MR) is 84.8 cm³/mol. The van der Waals surface area contributed by atoms with Crippen LogP contribution in [0.5, 0.6) is 0 Å². The van der Waals surface area contributed by atoms with Gasteiger partial charge in [0.05, 0.1) is 6.10 Å². The lowest BCUT2D eigenvalue weighted by molar-refractivity contribution is -0.119. The third-order valence-electron chi connectivity index (χ3n) is 7.67. The molecule has 6 atom stereocenters. The molecule has 1 N–H and O–H groups in total. The van der Waals surface area contributed by atoms with Gasteiger partial charge in [-0.05, 0) is 73.7 Å². The molecule has 2 fully saturated rings. The minimum absolute atomic E-state index is 0.0588. The molecule has 0 heterocycles. The SMILES string of the molecule is CC(O)C1(C)CCC2C(CCC3=CC(=O)CCC32C)C1C. The summed E-state index contributed by atoms with van der Waals surface area (Å²) >= 11 is 0. The van der Waals surface area contributed by atoms with Crippen LogP contribution in [0.1, 0.15) is 66.2 Å². The first-order chi connectivity index (χ1) is 9.79. The van der Waals surface area contributed by atoms with Crippen molar-refractivity contribution in [2.24, 2.45) is 28.6 Å². The Bertz CT molecular complexity index is 478. The van der Waals surface area contributed by atoms with Crippen LogP contribution >= 0.6 is 0 Å². The molecule has 0 aliphatic heterocycles. The predicted octanol–water partition coefficient (Wildman–Crippen LogP) is 4.13. The number of hydrogen-bond acceptors (Lipinski definition) is 2. The zero-order valence-corrected chi connectivity index (χ0v) is 14.0. The number of carbonyl (C=O) groups is 1. The van der Waals surface area contributed by atoms with Crippen LogP contribution in [0.15, 0.2) is 11.6 Å². The van der Waals surface area contributed by atoms with Crippen LogP contribution in [0.4, 0.5) is 0 Å². The molecular formula is C19H30O2. The third-order valence-corrected chi connectivity index (χ3v) is 7.67. The summed E-state index contributed by atoms with van der Waals surface area (Å²) in [5.74, 6) is 2.30. The van der Waals surface area contributed by atoms with Crippen molar-refractivity contribution in [3.05, 3.63) is 11.6 Å². The number of carbonyl (C=O) groups excluding carboxylic acids is 1. The zero-order chi connectivity index (χ0) is 15.4. The number of allylic oxidation sites excluding steroid dienone is 2. The molecule has 3 aliphatic carbocycles. The number of hydrogen-bond donors (Lipinski definition) is 1. The van der Waals surface area contributed by atoms with E-state index in [1.54, 1.807) is 0 Å². The number of aliphatic hydroxyl groups is 1. The van der Waals surface area contributed by atoms with Crippen molar-refractivity contribution >= 4 is 5.78 Å². The van der Waals surface area contributed by atoms with E-state index in [0.717, 1.165) is 25.7 Å². The molecule has 0 aromatic rings. The van der Waals surface area contributed by atoms with E-state index in [9.17, 15) is 9.90 Å². The quantitative estimate of drug-likeness (QED) is 0.788. The molecule has 21 heavy (non-hydrogen) atoms. The first kappa shape index (κ1) is 15.3. The Hall–Kier alpha value is -0.630. The van der Waals surface area contributed by atoms with E-state index in [4.69, 9.17) is 0 Å². The van der Waals surface area contributed by atoms with Crippen molar-refractivity contribution in [2.45, 2.75) is 72.3 Å². The fraction of sp³-hybridized carbons (Fsp3) is 0.842. The molecule has 0 radical (unpaired) electrons. The van der Waals surface area contributed by atoms with Crippen LogP contribution < -0.4 is 0 Å². The second kappa shape index (κ2) is 4.94. The lowest BCUT2D eigenvalue weighted by atomic mass is 9.46. The average molecular weight is 290 g/mol.